The summed E-state index contributed by atoms with van der Waals surface area (Å²) in [6.45, 7) is 0.491. The third-order valence-electron chi connectivity index (χ3n) is 4.75. The van der Waals surface area contributed by atoms with E-state index in [-0.39, 0.29) is 89.4 Å². The number of nitrogens with one attached hydrogen (secondary N) is 4. The van der Waals surface area contributed by atoms with E-state index in [4.69, 9.17) is 61.6 Å². The van der Waals surface area contributed by atoms with Crippen LogP contribution in [0.15, 0.2) is 34.4 Å². The van der Waals surface area contributed by atoms with Crippen molar-refractivity contribution in [1.29, 1.82) is 0 Å². The lowest BCUT2D eigenvalue weighted by Gasteiger charge is -2.03. The molecule has 0 atom stereocenters. The Bertz CT molecular complexity index is 2080. The van der Waals surface area contributed by atoms with E-state index in [2.05, 4.69) is 74.3 Å². The van der Waals surface area contributed by atoms with E-state index in [0.717, 1.165) is 24.8 Å². The molecule has 0 aromatic carbocycles. The highest BCUT2D eigenvalue weighted by Crippen LogP contribution is 2.61. The lowest BCUT2D eigenvalue weighted by molar-refractivity contribution is -0.386. The third kappa shape index (κ3) is 27.4. The van der Waals surface area contributed by atoms with Gasteiger partial charge in [0.1, 0.15) is 18.6 Å². The minimum atomic E-state index is -3.22. The SMILES string of the molecule is N.NCCO.Nc1ncc([N+](=O)[O-])c(NCCO)n1.O=P(Cl)(Cl)Cl.O=[N+]([O-])c1cnc(Cl)nc1Cl.O=[N+]([O-])c1cnc(Cl)nc1NCCO.O=c1[nH]cc([N+](=O)[O-])c(=O)[nH]1. The molecular weight excluding hydrogens is 970 g/mol. The largest absolute Gasteiger partial charge is 0.395 e. The number of aliphatic hydroxyl groups excluding tert-OH is 3. The molecule has 0 fully saturated rings. The van der Waals surface area contributed by atoms with E-state index >= 15 is 0 Å². The number of nitro groups is 4. The Labute approximate surface area is 361 Å². The molecule has 0 aliphatic heterocycles. The Morgan fingerprint density at radius 2 is 1.08 bits per heavy atom. The first-order valence-electron chi connectivity index (χ1n) is 14.4. The number of anilines is 3. The van der Waals surface area contributed by atoms with Gasteiger partial charge in [0, 0.05) is 19.6 Å². The average molecular weight is 1000 g/mol. The van der Waals surface area contributed by atoms with Crippen LogP contribution in [0.25, 0.3) is 0 Å². The van der Waals surface area contributed by atoms with Gasteiger partial charge in [0.25, 0.3) is 0 Å². The Balaban J connectivity index is -0.000000675. The number of aromatic nitrogens is 8. The van der Waals surface area contributed by atoms with Gasteiger partial charge in [0.05, 0.1) is 45.7 Å². The van der Waals surface area contributed by atoms with Crippen molar-refractivity contribution in [1.82, 2.24) is 46.0 Å². The molecule has 0 saturated carbocycles. The number of aromatic amines is 2. The van der Waals surface area contributed by atoms with Crippen LogP contribution in [0.3, 0.4) is 0 Å². The van der Waals surface area contributed by atoms with Crippen molar-refractivity contribution in [3.63, 3.8) is 0 Å². The molecule has 334 valence electrons. The molecule has 4 aromatic heterocycles. The van der Waals surface area contributed by atoms with Gasteiger partial charge in [-0.2, -0.15) is 15.0 Å². The highest BCUT2D eigenvalue weighted by Gasteiger charge is 2.17. The van der Waals surface area contributed by atoms with Crippen LogP contribution in [0.2, 0.25) is 15.7 Å². The van der Waals surface area contributed by atoms with Gasteiger partial charge in [0.2, 0.25) is 33.3 Å². The van der Waals surface area contributed by atoms with E-state index in [0.29, 0.717) is 6.54 Å². The minimum absolute atomic E-state index is 0. The van der Waals surface area contributed by atoms with Crippen molar-refractivity contribution in [3.05, 3.63) is 102 Å². The summed E-state index contributed by atoms with van der Waals surface area (Å²) >= 11 is 29.9. The van der Waals surface area contributed by atoms with Crippen LogP contribution in [0.1, 0.15) is 0 Å². The summed E-state index contributed by atoms with van der Waals surface area (Å²) in [5.41, 5.74) is 6.69. The van der Waals surface area contributed by atoms with Crippen molar-refractivity contribution in [3.8, 4) is 0 Å². The van der Waals surface area contributed by atoms with E-state index in [1.54, 1.807) is 4.98 Å². The molecule has 60 heavy (non-hydrogen) atoms. The summed E-state index contributed by atoms with van der Waals surface area (Å²) in [7, 11) is 0. The lowest BCUT2D eigenvalue weighted by atomic mass is 10.4. The molecule has 0 radical (unpaired) electrons. The van der Waals surface area contributed by atoms with Crippen LogP contribution in [-0.2, 0) is 4.57 Å². The monoisotopic (exact) mass is 997 g/mol. The van der Waals surface area contributed by atoms with Gasteiger partial charge in [-0.05, 0) is 56.9 Å². The van der Waals surface area contributed by atoms with Crippen LogP contribution in [0, 0.1) is 40.5 Å². The number of nitrogen functional groups attached to an aromatic ring is 1. The molecule has 0 bridgehead atoms. The van der Waals surface area contributed by atoms with Crippen molar-refractivity contribution in [2.24, 2.45) is 5.73 Å². The maximum absolute atomic E-state index is 10.6. The molecule has 4 aromatic rings. The van der Waals surface area contributed by atoms with Crippen LogP contribution in [0.5, 0.6) is 0 Å². The second kappa shape index (κ2) is 31.6. The fraction of sp³-hybridized carbons (Fsp3) is 0.273. The smallest absolute Gasteiger partial charge is 0.349 e. The molecule has 0 unspecified atom stereocenters. The fourth-order valence-corrected chi connectivity index (χ4v) is 3.12. The molecule has 4 rings (SSSR count). The quantitative estimate of drug-likeness (QED) is 0.0339. The van der Waals surface area contributed by atoms with Crippen LogP contribution in [0.4, 0.5) is 40.3 Å². The van der Waals surface area contributed by atoms with Crippen molar-refractivity contribution < 1.29 is 39.6 Å². The fourth-order valence-electron chi connectivity index (χ4n) is 2.61. The maximum atomic E-state index is 10.6. The number of halogens is 6. The first kappa shape index (κ1) is 59.0. The van der Waals surface area contributed by atoms with Gasteiger partial charge in [-0.15, -0.1) is 0 Å². The first-order chi connectivity index (χ1) is 27.4. The van der Waals surface area contributed by atoms with Crippen LogP contribution >= 0.6 is 73.7 Å². The molecule has 0 aliphatic rings. The summed E-state index contributed by atoms with van der Waals surface area (Å²) in [4.78, 5) is 83.8. The Morgan fingerprint density at radius 1 is 0.700 bits per heavy atom. The van der Waals surface area contributed by atoms with Crippen molar-refractivity contribution in [2.75, 3.05) is 55.8 Å². The van der Waals surface area contributed by atoms with Gasteiger partial charge < -0.3 is 48.6 Å². The van der Waals surface area contributed by atoms with Crippen LogP contribution < -0.4 is 39.5 Å². The van der Waals surface area contributed by atoms with E-state index in [9.17, 15) is 54.6 Å². The zero-order chi connectivity index (χ0) is 45.9. The van der Waals surface area contributed by atoms with Crippen molar-refractivity contribution >= 4 is 114 Å². The topological polar surface area (TPSA) is 504 Å². The van der Waals surface area contributed by atoms with Gasteiger partial charge in [-0.3, -0.25) is 54.8 Å². The van der Waals surface area contributed by atoms with E-state index in [1.165, 1.54) is 0 Å². The number of nitrogens with zero attached hydrogens (tertiary/aromatic N) is 10. The summed E-state index contributed by atoms with van der Waals surface area (Å²) < 4.78 is 9.51. The predicted molar refractivity (Wildman–Crippen MR) is 217 cm³/mol. The molecular formula is C22H30Cl6N17O14P. The Morgan fingerprint density at radius 3 is 1.45 bits per heavy atom. The summed E-state index contributed by atoms with van der Waals surface area (Å²) in [5.74, 6) is -0.0448. The molecule has 14 N–H and O–H groups in total. The number of hydrogen-bond acceptors (Lipinski definition) is 25. The van der Waals surface area contributed by atoms with Gasteiger partial charge in [-0.1, -0.05) is 11.6 Å². The second-order valence-electron chi connectivity index (χ2n) is 8.85. The van der Waals surface area contributed by atoms with Gasteiger partial charge in [0.15, 0.2) is 0 Å². The number of H-pyrrole nitrogens is 2. The molecule has 4 heterocycles. The van der Waals surface area contributed by atoms with Gasteiger partial charge >= 0.3 is 39.2 Å². The van der Waals surface area contributed by atoms with E-state index < -0.39 is 41.8 Å². The Hall–Kier alpha value is -5.31. The average Bonchev–Trinajstić information content (AvgIpc) is 3.12. The number of aliphatic hydroxyl groups is 3. The second-order valence-corrected chi connectivity index (χ2v) is 16.5. The zero-order valence-electron chi connectivity index (χ0n) is 29.4. The number of hydrogen-bond donors (Lipinski definition) is 10. The minimum Gasteiger partial charge on any atom is -0.395 e. The van der Waals surface area contributed by atoms with E-state index in [1.807, 2.05) is 4.98 Å². The molecule has 31 nitrogen and oxygen atoms in total. The molecule has 0 aliphatic carbocycles. The maximum Gasteiger partial charge on any atom is 0.349 e. The highest BCUT2D eigenvalue weighted by molar-refractivity contribution is 8.24. The zero-order valence-corrected chi connectivity index (χ0v) is 34.9. The lowest BCUT2D eigenvalue weighted by Crippen LogP contribution is -2.23. The first-order valence-corrected chi connectivity index (χ1v) is 19.9. The van der Waals surface area contributed by atoms with Crippen molar-refractivity contribution in [2.45, 2.75) is 0 Å². The molecule has 0 saturated heterocycles. The summed E-state index contributed by atoms with van der Waals surface area (Å²) in [6.07, 6.45) is 3.73. The highest BCUT2D eigenvalue weighted by atomic mass is 36.0. The third-order valence-corrected chi connectivity index (χ3v) is 5.39. The van der Waals surface area contributed by atoms with Crippen LogP contribution in [-0.4, -0.2) is 114 Å². The standard InChI is InChI=1S/C6H7ClN4O3.C6H9N5O3.C4HCl2N3O2.C4H3N3O4.C2H7NO.Cl3OP.H3N/c2*7-6-9-3-4(11(13)14)5(10-6)8-1-2-12;5-3-2(9(10)11)1-7-4(6)8-3;8-3-2(7(10)11)1-5-4(9)6-3;3-1-2-4;1-5(2,3)4;/h3,12H,1-2H2,(H,8,9,10);3,12H,1-2H2,(H3,7,8,9,10);1H;1H,(H2,5,6,8,9);4H,1-3H2;;1H3. The Kier molecular flexibility index (Phi) is 31.1. The number of nitrogens with two attached hydrogens (primary N) is 2. The summed E-state index contributed by atoms with van der Waals surface area (Å²) in [6, 6.07) is 0. The molecule has 0 amide bonds. The normalized spacial score (nSPS) is 9.57. The summed E-state index contributed by atoms with van der Waals surface area (Å²) in [5, 5.41) is 67.3. The molecule has 0 spiro atoms. The number of rotatable bonds is 11. The molecule has 38 heteroatoms. The predicted octanol–water partition coefficient (Wildman–Crippen LogP) is 2.39. The van der Waals surface area contributed by atoms with Gasteiger partial charge in [-0.25, -0.2) is 19.7 Å².